The van der Waals surface area contributed by atoms with Gasteiger partial charge in [0.05, 0.1) is 0 Å². The third kappa shape index (κ3) is 4.15. The molecule has 0 heteroatoms. The van der Waals surface area contributed by atoms with Crippen LogP contribution in [0.5, 0.6) is 0 Å². The standard InChI is InChI=1S/C13H26/c1-12(2,3)9-6-10-13(4,5)11-7-8-11/h11H,6-10H2,1-5H3. The highest BCUT2D eigenvalue weighted by Gasteiger charge is 2.37. The summed E-state index contributed by atoms with van der Waals surface area (Å²) in [4.78, 5) is 0. The van der Waals surface area contributed by atoms with Crippen LogP contribution >= 0.6 is 0 Å². The number of hydrogen-bond donors (Lipinski definition) is 0. The molecule has 0 amide bonds. The second kappa shape index (κ2) is 3.63. The Labute approximate surface area is 84.1 Å². The summed E-state index contributed by atoms with van der Waals surface area (Å²) in [6.45, 7) is 11.9. The van der Waals surface area contributed by atoms with Gasteiger partial charge in [0.15, 0.2) is 0 Å². The topological polar surface area (TPSA) is 0 Å². The van der Waals surface area contributed by atoms with E-state index in [2.05, 4.69) is 34.6 Å². The molecule has 1 fully saturated rings. The van der Waals surface area contributed by atoms with E-state index in [1.165, 1.54) is 32.1 Å². The van der Waals surface area contributed by atoms with Gasteiger partial charge >= 0.3 is 0 Å². The molecule has 1 saturated carbocycles. The van der Waals surface area contributed by atoms with Gasteiger partial charge in [-0.1, -0.05) is 41.0 Å². The highest BCUT2D eigenvalue weighted by atomic mass is 14.4. The molecule has 0 aromatic rings. The van der Waals surface area contributed by atoms with Gasteiger partial charge in [-0.25, -0.2) is 0 Å². The molecule has 0 aliphatic heterocycles. The molecule has 1 aliphatic carbocycles. The molecule has 0 bridgehead atoms. The van der Waals surface area contributed by atoms with E-state index >= 15 is 0 Å². The van der Waals surface area contributed by atoms with E-state index in [1.54, 1.807) is 0 Å². The van der Waals surface area contributed by atoms with Crippen molar-refractivity contribution in [1.29, 1.82) is 0 Å². The molecule has 0 nitrogen and oxygen atoms in total. The molecule has 0 N–H and O–H groups in total. The van der Waals surface area contributed by atoms with E-state index in [9.17, 15) is 0 Å². The Morgan fingerprint density at radius 3 is 1.85 bits per heavy atom. The maximum atomic E-state index is 2.45. The van der Waals surface area contributed by atoms with E-state index < -0.39 is 0 Å². The zero-order chi connectivity index (χ0) is 10.1. The molecular formula is C13H26. The van der Waals surface area contributed by atoms with Gasteiger partial charge in [0, 0.05) is 0 Å². The van der Waals surface area contributed by atoms with Crippen LogP contribution in [-0.4, -0.2) is 0 Å². The molecule has 0 spiro atoms. The molecule has 0 unspecified atom stereocenters. The summed E-state index contributed by atoms with van der Waals surface area (Å²) < 4.78 is 0. The molecule has 0 heterocycles. The quantitative estimate of drug-likeness (QED) is 0.594. The van der Waals surface area contributed by atoms with E-state index in [0.29, 0.717) is 10.8 Å². The van der Waals surface area contributed by atoms with Crippen molar-refractivity contribution in [2.24, 2.45) is 16.7 Å². The average molecular weight is 182 g/mol. The van der Waals surface area contributed by atoms with Crippen LogP contribution in [-0.2, 0) is 0 Å². The molecule has 0 aromatic carbocycles. The van der Waals surface area contributed by atoms with Crippen LogP contribution in [0.3, 0.4) is 0 Å². The van der Waals surface area contributed by atoms with Crippen molar-refractivity contribution in [2.75, 3.05) is 0 Å². The zero-order valence-electron chi connectivity index (χ0n) is 10.1. The van der Waals surface area contributed by atoms with Gasteiger partial charge in [-0.2, -0.15) is 0 Å². The van der Waals surface area contributed by atoms with Crippen molar-refractivity contribution < 1.29 is 0 Å². The lowest BCUT2D eigenvalue weighted by atomic mass is 9.79. The van der Waals surface area contributed by atoms with Crippen LogP contribution in [0.4, 0.5) is 0 Å². The number of hydrogen-bond acceptors (Lipinski definition) is 0. The Morgan fingerprint density at radius 2 is 1.46 bits per heavy atom. The number of rotatable bonds is 4. The minimum atomic E-state index is 0.527. The Hall–Kier alpha value is 0. The predicted octanol–water partition coefficient (Wildman–Crippen LogP) is 4.64. The van der Waals surface area contributed by atoms with Crippen molar-refractivity contribution in [3.05, 3.63) is 0 Å². The first-order valence-corrected chi connectivity index (χ1v) is 5.81. The summed E-state index contributed by atoms with van der Waals surface area (Å²) in [5, 5.41) is 0. The average Bonchev–Trinajstić information content (AvgIpc) is 2.62. The van der Waals surface area contributed by atoms with E-state index in [0.717, 1.165) is 5.92 Å². The van der Waals surface area contributed by atoms with Crippen LogP contribution in [0.25, 0.3) is 0 Å². The molecule has 78 valence electrons. The maximum Gasteiger partial charge on any atom is -0.0326 e. The summed E-state index contributed by atoms with van der Waals surface area (Å²) in [5.74, 6) is 1.05. The molecule has 1 aliphatic rings. The van der Waals surface area contributed by atoms with Crippen molar-refractivity contribution >= 4 is 0 Å². The van der Waals surface area contributed by atoms with E-state index in [4.69, 9.17) is 0 Å². The Morgan fingerprint density at radius 1 is 0.923 bits per heavy atom. The fraction of sp³-hybridized carbons (Fsp3) is 1.00. The van der Waals surface area contributed by atoms with Crippen molar-refractivity contribution in [1.82, 2.24) is 0 Å². The minimum absolute atomic E-state index is 0.527. The van der Waals surface area contributed by atoms with Gasteiger partial charge in [0.25, 0.3) is 0 Å². The first kappa shape index (κ1) is 11.1. The lowest BCUT2D eigenvalue weighted by Crippen LogP contribution is -2.15. The summed E-state index contributed by atoms with van der Waals surface area (Å²) in [6, 6.07) is 0. The van der Waals surface area contributed by atoms with Gasteiger partial charge in [-0.3, -0.25) is 0 Å². The summed E-state index contributed by atoms with van der Waals surface area (Å²) >= 11 is 0. The maximum absolute atomic E-state index is 2.45. The fourth-order valence-electron chi connectivity index (χ4n) is 2.14. The molecule has 0 aromatic heterocycles. The predicted molar refractivity (Wildman–Crippen MR) is 59.8 cm³/mol. The lowest BCUT2D eigenvalue weighted by molar-refractivity contribution is 0.249. The monoisotopic (exact) mass is 182 g/mol. The Bertz CT molecular complexity index is 155. The van der Waals surface area contributed by atoms with Crippen LogP contribution in [0.2, 0.25) is 0 Å². The van der Waals surface area contributed by atoms with Crippen molar-refractivity contribution in [3.8, 4) is 0 Å². The Kier molecular flexibility index (Phi) is 3.09. The fourth-order valence-corrected chi connectivity index (χ4v) is 2.14. The van der Waals surface area contributed by atoms with Gasteiger partial charge in [0.1, 0.15) is 0 Å². The van der Waals surface area contributed by atoms with Crippen LogP contribution in [0, 0.1) is 16.7 Å². The minimum Gasteiger partial charge on any atom is -0.0602 e. The molecule has 1 rings (SSSR count). The van der Waals surface area contributed by atoms with Crippen LogP contribution in [0.15, 0.2) is 0 Å². The third-order valence-electron chi connectivity index (χ3n) is 3.43. The summed E-state index contributed by atoms with van der Waals surface area (Å²) in [7, 11) is 0. The largest absolute Gasteiger partial charge is 0.0602 e. The molecule has 0 atom stereocenters. The van der Waals surface area contributed by atoms with Gasteiger partial charge in [-0.05, 0) is 42.4 Å². The van der Waals surface area contributed by atoms with E-state index in [1.807, 2.05) is 0 Å². The Balaban J connectivity index is 2.18. The molecular weight excluding hydrogens is 156 g/mol. The van der Waals surface area contributed by atoms with Crippen LogP contribution < -0.4 is 0 Å². The SMILES string of the molecule is CC(C)(C)CCCC(C)(C)C1CC1. The molecule has 0 saturated heterocycles. The van der Waals surface area contributed by atoms with Gasteiger partial charge in [0.2, 0.25) is 0 Å². The zero-order valence-corrected chi connectivity index (χ0v) is 10.1. The molecule has 13 heavy (non-hydrogen) atoms. The summed E-state index contributed by atoms with van der Waals surface area (Å²) in [5.41, 5.74) is 1.16. The lowest BCUT2D eigenvalue weighted by Gasteiger charge is -2.26. The smallest absolute Gasteiger partial charge is 0.0326 e. The molecule has 0 radical (unpaired) electrons. The highest BCUT2D eigenvalue weighted by Crippen LogP contribution is 2.48. The second-order valence-electron chi connectivity index (χ2n) is 6.68. The van der Waals surface area contributed by atoms with Crippen molar-refractivity contribution in [3.63, 3.8) is 0 Å². The van der Waals surface area contributed by atoms with Crippen molar-refractivity contribution in [2.45, 2.75) is 66.7 Å². The first-order valence-electron chi connectivity index (χ1n) is 5.81. The third-order valence-corrected chi connectivity index (χ3v) is 3.43. The summed E-state index contributed by atoms with van der Waals surface area (Å²) in [6.07, 6.45) is 7.19. The normalized spacial score (nSPS) is 19.2. The highest BCUT2D eigenvalue weighted by molar-refractivity contribution is 4.87. The second-order valence-corrected chi connectivity index (χ2v) is 6.68. The first-order chi connectivity index (χ1) is 5.81. The van der Waals surface area contributed by atoms with E-state index in [-0.39, 0.29) is 0 Å². The van der Waals surface area contributed by atoms with Gasteiger partial charge in [-0.15, -0.1) is 0 Å². The van der Waals surface area contributed by atoms with Gasteiger partial charge < -0.3 is 0 Å². The van der Waals surface area contributed by atoms with Crippen LogP contribution in [0.1, 0.15) is 66.7 Å².